The Balaban J connectivity index is 2.75. The topological polar surface area (TPSA) is 54.0 Å². The molecule has 0 aliphatic carbocycles. The second-order valence-corrected chi connectivity index (χ2v) is 6.03. The van der Waals surface area contributed by atoms with Gasteiger partial charge in [0.1, 0.15) is 18.1 Å². The predicted molar refractivity (Wildman–Crippen MR) is 103 cm³/mol. The summed E-state index contributed by atoms with van der Waals surface area (Å²) < 4.78 is 21.5. The number of esters is 1. The van der Waals surface area contributed by atoms with Crippen molar-refractivity contribution in [1.82, 2.24) is 0 Å². The number of hydrogen-bond acceptors (Lipinski definition) is 5. The van der Waals surface area contributed by atoms with Crippen LogP contribution in [0.3, 0.4) is 0 Å². The van der Waals surface area contributed by atoms with Gasteiger partial charge in [0.15, 0.2) is 0 Å². The summed E-state index contributed by atoms with van der Waals surface area (Å²) in [4.78, 5) is 12.6. The van der Waals surface area contributed by atoms with Gasteiger partial charge in [0.25, 0.3) is 0 Å². The Morgan fingerprint density at radius 2 is 2.00 bits per heavy atom. The number of carbonyl (C=O) groups excluding carboxylic acids is 1. The Morgan fingerprint density at radius 3 is 2.62 bits per heavy atom. The van der Waals surface area contributed by atoms with Crippen molar-refractivity contribution in [1.29, 1.82) is 0 Å². The van der Waals surface area contributed by atoms with Gasteiger partial charge in [-0.3, -0.25) is 0 Å². The number of ether oxygens (including phenoxy) is 4. The highest BCUT2D eigenvalue weighted by molar-refractivity contribution is 5.94. The highest BCUT2D eigenvalue weighted by Gasteiger charge is 2.21. The third-order valence-corrected chi connectivity index (χ3v) is 4.11. The van der Waals surface area contributed by atoms with Gasteiger partial charge in [0.05, 0.1) is 19.8 Å². The van der Waals surface area contributed by atoms with Gasteiger partial charge in [-0.15, -0.1) is 13.2 Å². The fourth-order valence-electron chi connectivity index (χ4n) is 2.75. The highest BCUT2D eigenvalue weighted by atomic mass is 16.7. The van der Waals surface area contributed by atoms with Crippen LogP contribution in [0.15, 0.2) is 43.5 Å². The van der Waals surface area contributed by atoms with Crippen molar-refractivity contribution in [3.8, 4) is 5.75 Å². The molecule has 5 nitrogen and oxygen atoms in total. The summed E-state index contributed by atoms with van der Waals surface area (Å²) in [5, 5.41) is 0. The van der Waals surface area contributed by atoms with Crippen molar-refractivity contribution in [3.05, 3.63) is 54.6 Å². The molecule has 5 heteroatoms. The average Bonchev–Trinajstić information content (AvgIpc) is 2.64. The van der Waals surface area contributed by atoms with Gasteiger partial charge < -0.3 is 18.9 Å². The van der Waals surface area contributed by atoms with Crippen molar-refractivity contribution in [2.24, 2.45) is 5.92 Å². The Hall–Kier alpha value is -2.11. The molecule has 0 saturated heterocycles. The lowest BCUT2D eigenvalue weighted by molar-refractivity contribution is -0.0950. The molecular weight excluding hydrogens is 332 g/mol. The molecule has 0 aliphatic rings. The van der Waals surface area contributed by atoms with E-state index in [0.29, 0.717) is 24.2 Å². The lowest BCUT2D eigenvalue weighted by Crippen LogP contribution is -2.25. The summed E-state index contributed by atoms with van der Waals surface area (Å²) in [7, 11) is 3.12. The number of carbonyl (C=O) groups is 1. The first-order chi connectivity index (χ1) is 12.6. The maximum Gasteiger partial charge on any atom is 0.342 e. The quantitative estimate of drug-likeness (QED) is 0.299. The van der Waals surface area contributed by atoms with Crippen LogP contribution in [0.25, 0.3) is 0 Å². The smallest absolute Gasteiger partial charge is 0.342 e. The van der Waals surface area contributed by atoms with Gasteiger partial charge in [-0.05, 0) is 30.4 Å². The Kier molecular flexibility index (Phi) is 10.4. The van der Waals surface area contributed by atoms with Crippen molar-refractivity contribution >= 4 is 5.97 Å². The van der Waals surface area contributed by atoms with Crippen LogP contribution in [-0.2, 0) is 20.6 Å². The zero-order valence-corrected chi connectivity index (χ0v) is 16.0. The molecule has 0 amide bonds. The summed E-state index contributed by atoms with van der Waals surface area (Å²) in [5.74, 6) is 0.353. The molecule has 1 aromatic rings. The van der Waals surface area contributed by atoms with E-state index in [2.05, 4.69) is 20.1 Å². The molecule has 0 aliphatic heterocycles. The summed E-state index contributed by atoms with van der Waals surface area (Å²) in [6, 6.07) is 5.47. The van der Waals surface area contributed by atoms with Crippen LogP contribution in [-0.4, -0.2) is 39.7 Å². The van der Waals surface area contributed by atoms with Gasteiger partial charge in [-0.1, -0.05) is 31.2 Å². The average molecular weight is 362 g/mol. The fraction of sp³-hybridized carbons (Fsp3) is 0.476. The van der Waals surface area contributed by atoms with Crippen LogP contribution in [0.1, 0.15) is 35.7 Å². The van der Waals surface area contributed by atoms with Crippen LogP contribution in [0, 0.1) is 5.92 Å². The van der Waals surface area contributed by atoms with Gasteiger partial charge >= 0.3 is 5.97 Å². The van der Waals surface area contributed by atoms with Gasteiger partial charge in [-0.2, -0.15) is 0 Å². The Morgan fingerprint density at radius 1 is 1.23 bits per heavy atom. The zero-order valence-electron chi connectivity index (χ0n) is 16.0. The molecule has 0 N–H and O–H groups in total. The monoisotopic (exact) mass is 362 g/mol. The third-order valence-electron chi connectivity index (χ3n) is 4.11. The van der Waals surface area contributed by atoms with Gasteiger partial charge in [-0.25, -0.2) is 4.79 Å². The Bertz CT molecular complexity index is 582. The molecule has 144 valence electrons. The van der Waals surface area contributed by atoms with Crippen molar-refractivity contribution in [3.63, 3.8) is 0 Å². The third kappa shape index (κ3) is 6.65. The second-order valence-electron chi connectivity index (χ2n) is 6.03. The number of hydrogen-bond donors (Lipinski definition) is 0. The molecule has 1 rings (SSSR count). The van der Waals surface area contributed by atoms with Crippen LogP contribution >= 0.6 is 0 Å². The number of allylic oxidation sites excluding steroid dienone is 2. The zero-order chi connectivity index (χ0) is 19.4. The van der Waals surface area contributed by atoms with E-state index in [1.165, 1.54) is 7.11 Å². The molecule has 0 fully saturated rings. The largest absolute Gasteiger partial charge is 0.496 e. The van der Waals surface area contributed by atoms with Crippen molar-refractivity contribution in [2.75, 3.05) is 27.6 Å². The van der Waals surface area contributed by atoms with E-state index in [4.69, 9.17) is 18.9 Å². The maximum absolute atomic E-state index is 12.6. The number of rotatable bonds is 13. The molecule has 0 bridgehead atoms. The van der Waals surface area contributed by atoms with E-state index in [1.54, 1.807) is 19.3 Å². The molecule has 0 spiro atoms. The number of methoxy groups -OCH3 is 2. The van der Waals surface area contributed by atoms with E-state index in [0.717, 1.165) is 12.0 Å². The maximum atomic E-state index is 12.6. The molecule has 0 saturated carbocycles. The van der Waals surface area contributed by atoms with Crippen LogP contribution < -0.4 is 4.74 Å². The first-order valence-corrected chi connectivity index (χ1v) is 8.74. The number of benzene rings is 1. The minimum atomic E-state index is -0.402. The molecule has 2 atom stereocenters. The molecule has 0 radical (unpaired) electrons. The molecule has 26 heavy (non-hydrogen) atoms. The SMILES string of the molecule is C=CCc1cccc(OC)c1C(=O)OCCC(OCOC)C(C)CC=C. The van der Waals surface area contributed by atoms with Crippen molar-refractivity contribution < 1.29 is 23.7 Å². The molecular formula is C21H30O5. The van der Waals surface area contributed by atoms with Crippen LogP contribution in [0.2, 0.25) is 0 Å². The van der Waals surface area contributed by atoms with Gasteiger partial charge in [0.2, 0.25) is 0 Å². The molecule has 0 heterocycles. The molecule has 1 aromatic carbocycles. The lowest BCUT2D eigenvalue weighted by atomic mass is 9.98. The summed E-state index contributed by atoms with van der Waals surface area (Å²) >= 11 is 0. The van der Waals surface area contributed by atoms with Gasteiger partial charge in [0, 0.05) is 13.5 Å². The first-order valence-electron chi connectivity index (χ1n) is 8.74. The fourth-order valence-corrected chi connectivity index (χ4v) is 2.75. The van der Waals surface area contributed by atoms with E-state index in [9.17, 15) is 4.79 Å². The normalized spacial score (nSPS) is 12.9. The molecule has 2 unspecified atom stereocenters. The minimum absolute atomic E-state index is 0.0777. The summed E-state index contributed by atoms with van der Waals surface area (Å²) in [6.45, 7) is 10.0. The lowest BCUT2D eigenvalue weighted by Gasteiger charge is -2.23. The molecule has 0 aromatic heterocycles. The van der Waals surface area contributed by atoms with Crippen LogP contribution in [0.5, 0.6) is 5.75 Å². The second kappa shape index (κ2) is 12.3. The van der Waals surface area contributed by atoms with Crippen LogP contribution in [0.4, 0.5) is 0 Å². The minimum Gasteiger partial charge on any atom is -0.496 e. The highest BCUT2D eigenvalue weighted by Crippen LogP contribution is 2.24. The van der Waals surface area contributed by atoms with Crippen molar-refractivity contribution in [2.45, 2.75) is 32.3 Å². The summed E-state index contributed by atoms with van der Waals surface area (Å²) in [5.41, 5.74) is 1.28. The standard InChI is InChI=1S/C21H30O5/c1-6-9-16(3)18(26-15-23-4)13-14-25-21(22)20-17(10-7-2)11-8-12-19(20)24-5/h6-8,11-12,16,18H,1-2,9-10,13-15H2,3-5H3. The Labute approximate surface area is 156 Å². The first kappa shape index (κ1) is 21.9. The van der Waals surface area contributed by atoms with E-state index >= 15 is 0 Å². The van der Waals surface area contributed by atoms with E-state index in [-0.39, 0.29) is 25.4 Å². The predicted octanol–water partition coefficient (Wildman–Crippen LogP) is 4.17. The summed E-state index contributed by atoms with van der Waals surface area (Å²) in [6.07, 6.45) is 5.49. The van der Waals surface area contributed by atoms with E-state index < -0.39 is 5.97 Å². The van der Waals surface area contributed by atoms with E-state index in [1.807, 2.05) is 18.2 Å².